The Hall–Kier alpha value is -3.21. The Morgan fingerprint density at radius 2 is 1.83 bits per heavy atom. The maximum absolute atomic E-state index is 5.23. The summed E-state index contributed by atoms with van der Waals surface area (Å²) in [6.45, 7) is 0.682. The van der Waals surface area contributed by atoms with E-state index in [1.165, 1.54) is 0 Å². The van der Waals surface area contributed by atoms with Gasteiger partial charge in [0.1, 0.15) is 17.1 Å². The average Bonchev–Trinajstić information content (AvgIpc) is 3.02. The number of ether oxygens (including phenoxy) is 1. The number of hydrogen-bond acceptors (Lipinski definition) is 4. The van der Waals surface area contributed by atoms with Gasteiger partial charge in [-0.2, -0.15) is 0 Å². The van der Waals surface area contributed by atoms with Gasteiger partial charge in [0.2, 0.25) is 0 Å². The fourth-order valence-corrected chi connectivity index (χ4v) is 2.74. The third-order valence-electron chi connectivity index (χ3n) is 3.92. The molecule has 0 bridgehead atoms. The molecule has 0 saturated carbocycles. The molecule has 0 aliphatic rings. The molecule has 3 heterocycles. The second-order valence-corrected chi connectivity index (χ2v) is 5.46. The summed E-state index contributed by atoms with van der Waals surface area (Å²) in [5, 5.41) is 0. The normalized spacial score (nSPS) is 10.9. The zero-order valence-corrected chi connectivity index (χ0v) is 13.3. The number of methoxy groups -OCH3 is 1. The molecular weight excluding hydrogens is 300 g/mol. The lowest BCUT2D eigenvalue weighted by Gasteiger charge is -2.09. The van der Waals surface area contributed by atoms with Crippen LogP contribution in [0.15, 0.2) is 67.1 Å². The molecule has 4 rings (SSSR count). The summed E-state index contributed by atoms with van der Waals surface area (Å²) in [4.78, 5) is 13.5. The van der Waals surface area contributed by atoms with Crippen LogP contribution in [0, 0.1) is 0 Å². The molecule has 0 aliphatic heterocycles. The van der Waals surface area contributed by atoms with Crippen molar-refractivity contribution in [3.05, 3.63) is 72.7 Å². The van der Waals surface area contributed by atoms with Crippen molar-refractivity contribution in [3.63, 3.8) is 0 Å². The Labute approximate surface area is 139 Å². The van der Waals surface area contributed by atoms with Gasteiger partial charge in [-0.15, -0.1) is 0 Å². The minimum Gasteiger partial charge on any atom is -0.497 e. The molecule has 0 spiro atoms. The molecule has 4 aromatic rings. The molecule has 24 heavy (non-hydrogen) atoms. The lowest BCUT2D eigenvalue weighted by atomic mass is 10.2. The van der Waals surface area contributed by atoms with Crippen molar-refractivity contribution < 1.29 is 4.74 Å². The van der Waals surface area contributed by atoms with Gasteiger partial charge in [0.05, 0.1) is 13.7 Å². The minimum atomic E-state index is 0.682. The van der Waals surface area contributed by atoms with Gasteiger partial charge in [-0.3, -0.25) is 4.98 Å². The van der Waals surface area contributed by atoms with E-state index in [4.69, 9.17) is 9.72 Å². The molecule has 1 aromatic carbocycles. The van der Waals surface area contributed by atoms with Crippen molar-refractivity contribution in [3.8, 4) is 17.1 Å². The minimum absolute atomic E-state index is 0.682. The molecule has 0 atom stereocenters. The highest BCUT2D eigenvalue weighted by atomic mass is 16.5. The van der Waals surface area contributed by atoms with Gasteiger partial charge in [0.15, 0.2) is 5.65 Å². The van der Waals surface area contributed by atoms with Crippen molar-refractivity contribution in [2.45, 2.75) is 6.54 Å². The number of fused-ring (bicyclic) bond motifs is 1. The van der Waals surface area contributed by atoms with Gasteiger partial charge in [0.25, 0.3) is 0 Å². The van der Waals surface area contributed by atoms with E-state index in [9.17, 15) is 0 Å². The lowest BCUT2D eigenvalue weighted by Crippen LogP contribution is -2.03. The fourth-order valence-electron chi connectivity index (χ4n) is 2.74. The number of rotatable bonds is 4. The summed E-state index contributed by atoms with van der Waals surface area (Å²) in [7, 11) is 1.67. The standard InChI is InChI=1S/C19H16N4O/c1-24-16-8-6-14(7-9-16)13-23-18(15-4-2-10-20-12-15)22-17-5-3-11-21-19(17)23/h2-12H,13H2,1H3. The van der Waals surface area contributed by atoms with Gasteiger partial charge in [0, 0.05) is 24.2 Å². The second kappa shape index (κ2) is 6.12. The van der Waals surface area contributed by atoms with Crippen molar-refractivity contribution in [1.82, 2.24) is 19.5 Å². The predicted octanol–water partition coefficient (Wildman–Crippen LogP) is 3.55. The topological polar surface area (TPSA) is 52.8 Å². The zero-order valence-electron chi connectivity index (χ0n) is 13.3. The van der Waals surface area contributed by atoms with Crippen molar-refractivity contribution in [2.75, 3.05) is 7.11 Å². The van der Waals surface area contributed by atoms with Crippen LogP contribution in [0.4, 0.5) is 0 Å². The number of imidazole rings is 1. The molecule has 0 aliphatic carbocycles. The largest absolute Gasteiger partial charge is 0.497 e. The molecule has 0 N–H and O–H groups in total. The Morgan fingerprint density at radius 1 is 1.00 bits per heavy atom. The number of hydrogen-bond donors (Lipinski definition) is 0. The number of pyridine rings is 2. The summed E-state index contributed by atoms with van der Waals surface area (Å²) in [6, 6.07) is 15.9. The van der Waals surface area contributed by atoms with Crippen LogP contribution in [0.2, 0.25) is 0 Å². The molecule has 5 nitrogen and oxygen atoms in total. The first-order valence-corrected chi connectivity index (χ1v) is 7.70. The molecule has 0 unspecified atom stereocenters. The number of benzene rings is 1. The van der Waals surface area contributed by atoms with E-state index in [0.29, 0.717) is 6.54 Å². The van der Waals surface area contributed by atoms with Gasteiger partial charge in [-0.05, 0) is 42.0 Å². The first-order valence-electron chi connectivity index (χ1n) is 7.70. The van der Waals surface area contributed by atoms with E-state index in [2.05, 4.69) is 26.7 Å². The van der Waals surface area contributed by atoms with Crippen molar-refractivity contribution in [1.29, 1.82) is 0 Å². The zero-order chi connectivity index (χ0) is 16.4. The summed E-state index contributed by atoms with van der Waals surface area (Å²) >= 11 is 0. The average molecular weight is 316 g/mol. The third-order valence-corrected chi connectivity index (χ3v) is 3.92. The maximum Gasteiger partial charge on any atom is 0.160 e. The highest BCUT2D eigenvalue weighted by Crippen LogP contribution is 2.24. The first-order chi connectivity index (χ1) is 11.8. The van der Waals surface area contributed by atoms with Crippen LogP contribution in [-0.4, -0.2) is 26.6 Å². The van der Waals surface area contributed by atoms with Crippen LogP contribution >= 0.6 is 0 Å². The van der Waals surface area contributed by atoms with Crippen molar-refractivity contribution >= 4 is 11.2 Å². The SMILES string of the molecule is COc1ccc(Cn2c(-c3cccnc3)nc3cccnc32)cc1. The third kappa shape index (κ3) is 2.60. The molecule has 0 fully saturated rings. The van der Waals surface area contributed by atoms with Gasteiger partial charge < -0.3 is 9.30 Å². The Bertz CT molecular complexity index is 962. The molecule has 0 amide bonds. The van der Waals surface area contributed by atoms with E-state index < -0.39 is 0 Å². The summed E-state index contributed by atoms with van der Waals surface area (Å²) in [5.41, 5.74) is 3.88. The molecule has 5 heteroatoms. The van der Waals surface area contributed by atoms with Gasteiger partial charge in [-0.25, -0.2) is 9.97 Å². The van der Waals surface area contributed by atoms with Crippen LogP contribution in [0.3, 0.4) is 0 Å². The Morgan fingerprint density at radius 3 is 2.58 bits per heavy atom. The highest BCUT2D eigenvalue weighted by Gasteiger charge is 2.13. The van der Waals surface area contributed by atoms with Crippen LogP contribution in [-0.2, 0) is 6.54 Å². The smallest absolute Gasteiger partial charge is 0.160 e. The quantitative estimate of drug-likeness (QED) is 0.578. The number of aromatic nitrogens is 4. The van der Waals surface area contributed by atoms with Gasteiger partial charge >= 0.3 is 0 Å². The Kier molecular flexibility index (Phi) is 3.67. The van der Waals surface area contributed by atoms with E-state index in [0.717, 1.165) is 33.9 Å². The van der Waals surface area contributed by atoms with E-state index in [-0.39, 0.29) is 0 Å². The van der Waals surface area contributed by atoms with Crippen LogP contribution < -0.4 is 4.74 Å². The molecule has 0 saturated heterocycles. The van der Waals surface area contributed by atoms with Crippen LogP contribution in [0.25, 0.3) is 22.6 Å². The Balaban J connectivity index is 1.83. The van der Waals surface area contributed by atoms with E-state index in [1.807, 2.05) is 42.6 Å². The lowest BCUT2D eigenvalue weighted by molar-refractivity contribution is 0.414. The summed E-state index contributed by atoms with van der Waals surface area (Å²) in [6.07, 6.45) is 5.38. The molecule has 118 valence electrons. The van der Waals surface area contributed by atoms with Gasteiger partial charge in [-0.1, -0.05) is 12.1 Å². The van der Waals surface area contributed by atoms with E-state index >= 15 is 0 Å². The van der Waals surface area contributed by atoms with E-state index in [1.54, 1.807) is 19.5 Å². The maximum atomic E-state index is 5.23. The second-order valence-electron chi connectivity index (χ2n) is 5.46. The highest BCUT2D eigenvalue weighted by molar-refractivity contribution is 5.77. The summed E-state index contributed by atoms with van der Waals surface area (Å²) in [5.74, 6) is 1.72. The van der Waals surface area contributed by atoms with Crippen molar-refractivity contribution in [2.24, 2.45) is 0 Å². The van der Waals surface area contributed by atoms with Crippen LogP contribution in [0.5, 0.6) is 5.75 Å². The van der Waals surface area contributed by atoms with Crippen LogP contribution in [0.1, 0.15) is 5.56 Å². The fraction of sp³-hybridized carbons (Fsp3) is 0.105. The number of nitrogens with zero attached hydrogens (tertiary/aromatic N) is 4. The predicted molar refractivity (Wildman–Crippen MR) is 92.9 cm³/mol. The molecule has 0 radical (unpaired) electrons. The monoisotopic (exact) mass is 316 g/mol. The summed E-state index contributed by atoms with van der Waals surface area (Å²) < 4.78 is 7.35. The molecular formula is C19H16N4O. The molecule has 3 aromatic heterocycles. The first kappa shape index (κ1) is 14.4.